The minimum absolute atomic E-state index is 0.146. The van der Waals surface area contributed by atoms with Crippen LogP contribution in [0.3, 0.4) is 0 Å². The fourth-order valence-electron chi connectivity index (χ4n) is 2.37. The summed E-state index contributed by atoms with van der Waals surface area (Å²) in [4.78, 5) is 7.93. The van der Waals surface area contributed by atoms with Crippen LogP contribution in [0.4, 0.5) is 0 Å². The number of hydrogen-bond donors (Lipinski definition) is 1. The molecule has 0 aliphatic heterocycles. The van der Waals surface area contributed by atoms with Crippen molar-refractivity contribution < 1.29 is 0 Å². The average molecular weight is 246 g/mol. The summed E-state index contributed by atoms with van der Waals surface area (Å²) >= 11 is 12.1. The predicted molar refractivity (Wildman–Crippen MR) is 61.1 cm³/mol. The number of rotatable bonds is 2. The second-order valence-corrected chi connectivity index (χ2v) is 5.23. The highest BCUT2D eigenvalue weighted by Gasteiger charge is 2.58. The van der Waals surface area contributed by atoms with E-state index < -0.39 is 0 Å². The van der Waals surface area contributed by atoms with Crippen LogP contribution in [0.5, 0.6) is 0 Å². The molecule has 1 heterocycles. The lowest BCUT2D eigenvalue weighted by molar-refractivity contribution is 0.558. The number of hydrogen-bond acceptors (Lipinski definition) is 3. The van der Waals surface area contributed by atoms with Gasteiger partial charge < -0.3 is 5.73 Å². The number of nitrogens with two attached hydrogens (primary N) is 1. The van der Waals surface area contributed by atoms with E-state index in [1.54, 1.807) is 0 Å². The van der Waals surface area contributed by atoms with E-state index in [9.17, 15) is 0 Å². The molecule has 1 aromatic heterocycles. The van der Waals surface area contributed by atoms with Gasteiger partial charge in [0.1, 0.15) is 16.6 Å². The topological polar surface area (TPSA) is 51.8 Å². The van der Waals surface area contributed by atoms with Gasteiger partial charge in [0.05, 0.1) is 0 Å². The fraction of sp³-hybridized carbons (Fsp3) is 0.600. The molecule has 2 unspecified atom stereocenters. The van der Waals surface area contributed by atoms with Crippen molar-refractivity contribution in [3.05, 3.63) is 22.2 Å². The molecule has 2 rings (SSSR count). The van der Waals surface area contributed by atoms with Gasteiger partial charge in [-0.05, 0) is 23.8 Å². The van der Waals surface area contributed by atoms with E-state index in [1.165, 1.54) is 6.33 Å². The van der Waals surface area contributed by atoms with E-state index in [0.29, 0.717) is 22.8 Å². The minimum Gasteiger partial charge on any atom is -0.330 e. The summed E-state index contributed by atoms with van der Waals surface area (Å²) in [6.45, 7) is 4.96. The molecule has 0 amide bonds. The fourth-order valence-corrected chi connectivity index (χ4v) is 2.92. The summed E-state index contributed by atoms with van der Waals surface area (Å²) in [5, 5.41) is 0.896. The van der Waals surface area contributed by atoms with Gasteiger partial charge in [-0.15, -0.1) is 0 Å². The summed E-state index contributed by atoms with van der Waals surface area (Å²) in [5.41, 5.74) is 6.70. The first-order valence-corrected chi connectivity index (χ1v) is 5.61. The Morgan fingerprint density at radius 2 is 1.87 bits per heavy atom. The summed E-state index contributed by atoms with van der Waals surface area (Å²) in [6.07, 6.45) is 1.38. The normalized spacial score (nSPS) is 27.8. The lowest BCUT2D eigenvalue weighted by atomic mass is 10.1. The molecule has 1 aliphatic rings. The van der Waals surface area contributed by atoms with Crippen LogP contribution in [0, 0.1) is 11.3 Å². The Morgan fingerprint density at radius 1 is 1.33 bits per heavy atom. The Labute approximate surface area is 99.0 Å². The van der Waals surface area contributed by atoms with Crippen molar-refractivity contribution in [2.45, 2.75) is 19.8 Å². The minimum atomic E-state index is 0.146. The van der Waals surface area contributed by atoms with E-state index >= 15 is 0 Å². The molecule has 0 spiro atoms. The maximum atomic E-state index is 6.04. The van der Waals surface area contributed by atoms with Crippen LogP contribution in [0.15, 0.2) is 6.33 Å². The van der Waals surface area contributed by atoms with Crippen LogP contribution in [0.25, 0.3) is 0 Å². The average Bonchev–Trinajstić information content (AvgIpc) is 2.68. The summed E-state index contributed by atoms with van der Waals surface area (Å²) < 4.78 is 0. The molecule has 2 N–H and O–H groups in total. The Bertz CT molecular complexity index is 372. The van der Waals surface area contributed by atoms with Crippen molar-refractivity contribution in [2.75, 3.05) is 6.54 Å². The summed E-state index contributed by atoms with van der Waals surface area (Å²) in [5.74, 6) is 0.696. The van der Waals surface area contributed by atoms with Crippen molar-refractivity contribution in [2.24, 2.45) is 17.1 Å². The third-order valence-corrected chi connectivity index (χ3v) is 4.00. The van der Waals surface area contributed by atoms with E-state index in [-0.39, 0.29) is 11.3 Å². The largest absolute Gasteiger partial charge is 0.330 e. The zero-order valence-electron chi connectivity index (χ0n) is 8.67. The molecule has 1 fully saturated rings. The zero-order chi connectivity index (χ0) is 11.2. The van der Waals surface area contributed by atoms with Gasteiger partial charge in [0, 0.05) is 5.56 Å². The predicted octanol–water partition coefficient (Wildman–Crippen LogP) is 2.48. The van der Waals surface area contributed by atoms with Crippen molar-refractivity contribution in [1.82, 2.24) is 9.97 Å². The number of aromatic nitrogens is 2. The molecule has 0 saturated heterocycles. The molecular formula is C10H13Cl2N3. The van der Waals surface area contributed by atoms with Crippen molar-refractivity contribution in [3.63, 3.8) is 0 Å². The highest BCUT2D eigenvalue weighted by atomic mass is 35.5. The maximum Gasteiger partial charge on any atom is 0.137 e. The van der Waals surface area contributed by atoms with Crippen molar-refractivity contribution >= 4 is 23.2 Å². The van der Waals surface area contributed by atoms with Crippen LogP contribution < -0.4 is 5.73 Å². The van der Waals surface area contributed by atoms with Gasteiger partial charge in [0.15, 0.2) is 0 Å². The molecule has 0 aromatic carbocycles. The highest BCUT2D eigenvalue weighted by molar-refractivity contribution is 6.34. The molecule has 82 valence electrons. The third-order valence-electron chi connectivity index (χ3n) is 3.40. The second kappa shape index (κ2) is 3.58. The van der Waals surface area contributed by atoms with Crippen molar-refractivity contribution in [3.8, 4) is 0 Å². The number of halogens is 2. The van der Waals surface area contributed by atoms with Crippen LogP contribution in [-0.4, -0.2) is 16.5 Å². The molecular weight excluding hydrogens is 233 g/mol. The van der Waals surface area contributed by atoms with Crippen LogP contribution >= 0.6 is 23.2 Å². The molecule has 5 heteroatoms. The molecule has 0 bridgehead atoms. The molecule has 1 aromatic rings. The number of nitrogens with zero attached hydrogens (tertiary/aromatic N) is 2. The first-order valence-electron chi connectivity index (χ1n) is 4.86. The van der Waals surface area contributed by atoms with Gasteiger partial charge in [0.2, 0.25) is 0 Å². The highest BCUT2D eigenvalue weighted by Crippen LogP contribution is 2.65. The van der Waals surface area contributed by atoms with Gasteiger partial charge in [-0.2, -0.15) is 0 Å². The summed E-state index contributed by atoms with van der Waals surface area (Å²) in [6, 6.07) is 0. The Balaban J connectivity index is 2.41. The molecule has 1 saturated carbocycles. The first-order chi connectivity index (χ1) is 7.00. The SMILES string of the molecule is CC1(C)C(CN)C1c1c(Cl)ncnc1Cl. The van der Waals surface area contributed by atoms with Crippen LogP contribution in [-0.2, 0) is 0 Å². The molecule has 15 heavy (non-hydrogen) atoms. The van der Waals surface area contributed by atoms with Gasteiger partial charge in [-0.3, -0.25) is 0 Å². The Morgan fingerprint density at radius 3 is 2.27 bits per heavy atom. The van der Waals surface area contributed by atoms with E-state index in [4.69, 9.17) is 28.9 Å². The summed E-state index contributed by atoms with van der Waals surface area (Å²) in [7, 11) is 0. The van der Waals surface area contributed by atoms with Crippen LogP contribution in [0.2, 0.25) is 10.3 Å². The smallest absolute Gasteiger partial charge is 0.137 e. The van der Waals surface area contributed by atoms with Gasteiger partial charge >= 0.3 is 0 Å². The van der Waals surface area contributed by atoms with E-state index in [2.05, 4.69) is 23.8 Å². The second-order valence-electron chi connectivity index (χ2n) is 4.51. The first kappa shape index (κ1) is 11.1. The van der Waals surface area contributed by atoms with E-state index in [1.807, 2.05) is 0 Å². The standard InChI is InChI=1S/C10H13Cl2N3/c1-10(2)5(3-13)7(10)6-8(11)14-4-15-9(6)12/h4-5,7H,3,13H2,1-2H3. The molecule has 3 nitrogen and oxygen atoms in total. The third kappa shape index (κ3) is 1.63. The quantitative estimate of drug-likeness (QED) is 0.815. The molecule has 1 aliphatic carbocycles. The van der Waals surface area contributed by atoms with Crippen LogP contribution in [0.1, 0.15) is 25.3 Å². The van der Waals surface area contributed by atoms with Gasteiger partial charge in [-0.25, -0.2) is 9.97 Å². The molecule has 2 atom stereocenters. The lowest BCUT2D eigenvalue weighted by Crippen LogP contribution is -2.05. The molecule has 0 radical (unpaired) electrons. The van der Waals surface area contributed by atoms with Crippen molar-refractivity contribution in [1.29, 1.82) is 0 Å². The van der Waals surface area contributed by atoms with Gasteiger partial charge in [-0.1, -0.05) is 37.0 Å². The Kier molecular flexibility index (Phi) is 2.65. The monoisotopic (exact) mass is 245 g/mol. The Hall–Kier alpha value is -0.380. The zero-order valence-corrected chi connectivity index (χ0v) is 10.2. The maximum absolute atomic E-state index is 6.04. The van der Waals surface area contributed by atoms with Gasteiger partial charge in [0.25, 0.3) is 0 Å². The van der Waals surface area contributed by atoms with E-state index in [0.717, 1.165) is 5.56 Å². The lowest BCUT2D eigenvalue weighted by Gasteiger charge is -2.05.